The monoisotopic (exact) mass is 309 g/mol. The predicted octanol–water partition coefficient (Wildman–Crippen LogP) is 1.55. The van der Waals surface area contributed by atoms with Gasteiger partial charge in [-0.05, 0) is 28.5 Å². The van der Waals surface area contributed by atoms with Crippen LogP contribution in [0.15, 0.2) is 16.7 Å². The first-order chi connectivity index (χ1) is 7.15. The molecule has 0 aliphatic carbocycles. The molecule has 92 valence electrons. The third kappa shape index (κ3) is 4.55. The molecule has 0 bridgehead atoms. The Hall–Kier alpha value is -0.520. The smallest absolute Gasteiger partial charge is 0.267 e. The Bertz CT molecular complexity index is 341. The van der Waals surface area contributed by atoms with Crippen molar-refractivity contribution in [3.8, 4) is 0 Å². The molecule has 0 spiro atoms. The Balaban J connectivity index is 0.00000225. The number of aryl methyl sites for hydroxylation is 1. The highest BCUT2D eigenvalue weighted by molar-refractivity contribution is 9.10. The average molecular weight is 311 g/mol. The summed E-state index contributed by atoms with van der Waals surface area (Å²) in [5.41, 5.74) is 0.665. The van der Waals surface area contributed by atoms with Crippen LogP contribution in [-0.4, -0.2) is 30.1 Å². The molecule has 0 aliphatic heterocycles. The van der Waals surface area contributed by atoms with E-state index in [-0.39, 0.29) is 18.3 Å². The molecule has 0 aromatic carbocycles. The van der Waals surface area contributed by atoms with E-state index in [1.54, 1.807) is 4.57 Å². The highest BCUT2D eigenvalue weighted by Gasteiger charge is 2.09. The van der Waals surface area contributed by atoms with E-state index in [4.69, 9.17) is 0 Å². The zero-order valence-corrected chi connectivity index (χ0v) is 11.8. The first-order valence-corrected chi connectivity index (χ1v) is 5.75. The van der Waals surface area contributed by atoms with Gasteiger partial charge in [0.15, 0.2) is 0 Å². The van der Waals surface area contributed by atoms with E-state index in [1.165, 1.54) is 0 Å². The number of halogens is 2. The van der Waals surface area contributed by atoms with Crippen LogP contribution in [0.2, 0.25) is 0 Å². The van der Waals surface area contributed by atoms with Gasteiger partial charge in [-0.25, -0.2) is 0 Å². The Labute approximate surface area is 110 Å². The van der Waals surface area contributed by atoms with Gasteiger partial charge >= 0.3 is 0 Å². The molecule has 0 saturated heterocycles. The van der Waals surface area contributed by atoms with Crippen LogP contribution in [0.3, 0.4) is 0 Å². The molecule has 0 atom stereocenters. The molecule has 1 aromatic rings. The lowest BCUT2D eigenvalue weighted by Crippen LogP contribution is -2.32. The van der Waals surface area contributed by atoms with Crippen molar-refractivity contribution in [3.63, 3.8) is 0 Å². The minimum Gasteiger partial charge on any atom is -0.349 e. The predicted molar refractivity (Wildman–Crippen MR) is 71.2 cm³/mol. The largest absolute Gasteiger partial charge is 0.349 e. The Kier molecular flexibility index (Phi) is 7.45. The summed E-state index contributed by atoms with van der Waals surface area (Å²) in [4.78, 5) is 11.7. The normalized spacial score (nSPS) is 9.69. The van der Waals surface area contributed by atoms with Crippen LogP contribution < -0.4 is 10.6 Å². The quantitative estimate of drug-likeness (QED) is 0.811. The Morgan fingerprint density at radius 3 is 2.69 bits per heavy atom. The lowest BCUT2D eigenvalue weighted by Gasteiger charge is -2.05. The number of hydrogen-bond donors (Lipinski definition) is 2. The lowest BCUT2D eigenvalue weighted by molar-refractivity contribution is 0.0946. The minimum absolute atomic E-state index is 0. The summed E-state index contributed by atoms with van der Waals surface area (Å²) in [6.45, 7) is 4.41. The summed E-state index contributed by atoms with van der Waals surface area (Å²) in [5.74, 6) is -0.0406. The number of carbonyl (C=O) groups excluding carboxylic acids is 1. The fourth-order valence-electron chi connectivity index (χ4n) is 1.28. The van der Waals surface area contributed by atoms with Gasteiger partial charge in [0.05, 0.1) is 0 Å². The molecule has 6 heteroatoms. The molecular weight excluding hydrogens is 293 g/mol. The molecule has 0 fully saturated rings. The van der Waals surface area contributed by atoms with E-state index in [0.29, 0.717) is 12.2 Å². The number of carbonyl (C=O) groups is 1. The SMILES string of the molecule is CCNCCNC(=O)c1cc(Br)cn1C.Cl. The van der Waals surface area contributed by atoms with Crippen molar-refractivity contribution in [3.05, 3.63) is 22.4 Å². The molecule has 0 aliphatic rings. The molecule has 1 heterocycles. The van der Waals surface area contributed by atoms with Gasteiger partial charge in [-0.3, -0.25) is 4.79 Å². The van der Waals surface area contributed by atoms with Gasteiger partial charge in [-0.2, -0.15) is 0 Å². The molecule has 1 aromatic heterocycles. The fraction of sp³-hybridized carbons (Fsp3) is 0.500. The van der Waals surface area contributed by atoms with Gasteiger partial charge in [-0.1, -0.05) is 6.92 Å². The maximum absolute atomic E-state index is 11.7. The van der Waals surface area contributed by atoms with Crippen molar-refractivity contribution in [1.29, 1.82) is 0 Å². The van der Waals surface area contributed by atoms with E-state index in [0.717, 1.165) is 17.6 Å². The first-order valence-electron chi connectivity index (χ1n) is 4.96. The number of rotatable bonds is 5. The molecule has 16 heavy (non-hydrogen) atoms. The maximum Gasteiger partial charge on any atom is 0.267 e. The zero-order chi connectivity index (χ0) is 11.3. The van der Waals surface area contributed by atoms with Gasteiger partial charge in [0.1, 0.15) is 5.69 Å². The zero-order valence-electron chi connectivity index (χ0n) is 9.42. The summed E-state index contributed by atoms with van der Waals surface area (Å²) < 4.78 is 2.72. The van der Waals surface area contributed by atoms with Gasteiger partial charge in [-0.15, -0.1) is 12.4 Å². The second kappa shape index (κ2) is 7.70. The highest BCUT2D eigenvalue weighted by atomic mass is 79.9. The van der Waals surface area contributed by atoms with Crippen molar-refractivity contribution in [2.24, 2.45) is 7.05 Å². The lowest BCUT2D eigenvalue weighted by atomic mass is 10.4. The first kappa shape index (κ1) is 15.5. The highest BCUT2D eigenvalue weighted by Crippen LogP contribution is 2.13. The van der Waals surface area contributed by atoms with E-state index in [2.05, 4.69) is 26.6 Å². The van der Waals surface area contributed by atoms with Gasteiger partial charge in [0.25, 0.3) is 5.91 Å². The average Bonchev–Trinajstić information content (AvgIpc) is 2.52. The molecule has 1 amide bonds. The van der Waals surface area contributed by atoms with Crippen LogP contribution in [0.5, 0.6) is 0 Å². The minimum atomic E-state index is -0.0406. The summed E-state index contributed by atoms with van der Waals surface area (Å²) in [7, 11) is 1.85. The molecular formula is C10H17BrClN3O. The van der Waals surface area contributed by atoms with E-state index in [1.807, 2.05) is 26.2 Å². The van der Waals surface area contributed by atoms with Gasteiger partial charge in [0, 0.05) is 30.8 Å². The van der Waals surface area contributed by atoms with Crippen LogP contribution in [0.25, 0.3) is 0 Å². The Morgan fingerprint density at radius 2 is 2.19 bits per heavy atom. The number of likely N-dealkylation sites (N-methyl/N-ethyl adjacent to an activating group) is 1. The van der Waals surface area contributed by atoms with Crippen molar-refractivity contribution < 1.29 is 4.79 Å². The molecule has 0 saturated carbocycles. The molecule has 2 N–H and O–H groups in total. The van der Waals surface area contributed by atoms with Crippen LogP contribution in [-0.2, 0) is 7.05 Å². The molecule has 1 rings (SSSR count). The molecule has 0 unspecified atom stereocenters. The Morgan fingerprint density at radius 1 is 1.50 bits per heavy atom. The number of nitrogens with one attached hydrogen (secondary N) is 2. The third-order valence-electron chi connectivity index (χ3n) is 2.04. The van der Waals surface area contributed by atoms with Crippen LogP contribution >= 0.6 is 28.3 Å². The summed E-state index contributed by atoms with van der Waals surface area (Å²) >= 11 is 3.33. The fourth-order valence-corrected chi connectivity index (χ4v) is 1.81. The summed E-state index contributed by atoms with van der Waals surface area (Å²) in [5, 5.41) is 5.99. The maximum atomic E-state index is 11.7. The van der Waals surface area contributed by atoms with Crippen LogP contribution in [0, 0.1) is 0 Å². The van der Waals surface area contributed by atoms with Gasteiger partial charge < -0.3 is 15.2 Å². The number of amides is 1. The number of nitrogens with zero attached hydrogens (tertiary/aromatic N) is 1. The molecule has 0 radical (unpaired) electrons. The van der Waals surface area contributed by atoms with Gasteiger partial charge in [0.2, 0.25) is 0 Å². The summed E-state index contributed by atoms with van der Waals surface area (Å²) in [6, 6.07) is 1.81. The van der Waals surface area contributed by atoms with Crippen molar-refractivity contribution in [2.45, 2.75) is 6.92 Å². The number of aromatic nitrogens is 1. The van der Waals surface area contributed by atoms with E-state index in [9.17, 15) is 4.79 Å². The topological polar surface area (TPSA) is 46.1 Å². The second-order valence-corrected chi connectivity index (χ2v) is 4.18. The van der Waals surface area contributed by atoms with E-state index < -0.39 is 0 Å². The second-order valence-electron chi connectivity index (χ2n) is 3.26. The van der Waals surface area contributed by atoms with Crippen molar-refractivity contribution in [2.75, 3.05) is 19.6 Å². The molecule has 4 nitrogen and oxygen atoms in total. The van der Waals surface area contributed by atoms with Crippen LogP contribution in [0.1, 0.15) is 17.4 Å². The van der Waals surface area contributed by atoms with Crippen LogP contribution in [0.4, 0.5) is 0 Å². The summed E-state index contributed by atoms with van der Waals surface area (Å²) in [6.07, 6.45) is 1.86. The van der Waals surface area contributed by atoms with Crippen molar-refractivity contribution >= 4 is 34.2 Å². The van der Waals surface area contributed by atoms with Crippen molar-refractivity contribution in [1.82, 2.24) is 15.2 Å². The van der Waals surface area contributed by atoms with E-state index >= 15 is 0 Å². The number of hydrogen-bond acceptors (Lipinski definition) is 2. The standard InChI is InChI=1S/C10H16BrN3O.ClH/c1-3-12-4-5-13-10(15)9-6-8(11)7-14(9)2;/h6-7,12H,3-5H2,1-2H3,(H,13,15);1H. The third-order valence-corrected chi connectivity index (χ3v) is 2.48.